The first-order valence-corrected chi connectivity index (χ1v) is 7.56. The number of terminal acetylenes is 1. The van der Waals surface area contributed by atoms with Gasteiger partial charge in [-0.3, -0.25) is 0 Å². The van der Waals surface area contributed by atoms with Crippen LogP contribution in [0.25, 0.3) is 0 Å². The van der Waals surface area contributed by atoms with Gasteiger partial charge in [-0.05, 0) is 43.7 Å². The lowest BCUT2D eigenvalue weighted by molar-refractivity contribution is 0.176. The second-order valence-electron chi connectivity index (χ2n) is 5.52. The molecule has 1 aromatic carbocycles. The molecule has 3 N–H and O–H groups in total. The summed E-state index contributed by atoms with van der Waals surface area (Å²) in [6.45, 7) is 0.438. The number of nitrogens with one attached hydrogen (secondary N) is 2. The monoisotopic (exact) mass is 302 g/mol. The number of hydrogen-bond donors (Lipinski definition) is 3. The summed E-state index contributed by atoms with van der Waals surface area (Å²) in [6, 6.07) is 7.07. The SMILES string of the molecule is C#CCOc1cccc(NC(=O)NC2CCC(CO)CC2)c1. The molecule has 0 aromatic heterocycles. The van der Waals surface area contributed by atoms with Crippen LogP contribution in [0.4, 0.5) is 10.5 Å². The number of amides is 2. The molecule has 0 heterocycles. The molecular formula is C17H22N2O3. The normalized spacial score (nSPS) is 20.7. The minimum Gasteiger partial charge on any atom is -0.481 e. The van der Waals surface area contributed by atoms with E-state index in [0.29, 0.717) is 17.4 Å². The van der Waals surface area contributed by atoms with Gasteiger partial charge < -0.3 is 20.5 Å². The summed E-state index contributed by atoms with van der Waals surface area (Å²) in [5, 5.41) is 14.9. The predicted octanol–water partition coefficient (Wildman–Crippen LogP) is 2.37. The molecule has 2 rings (SSSR count). The molecule has 0 saturated heterocycles. The van der Waals surface area contributed by atoms with Crippen LogP contribution >= 0.6 is 0 Å². The van der Waals surface area contributed by atoms with Gasteiger partial charge in [0.2, 0.25) is 0 Å². The van der Waals surface area contributed by atoms with E-state index in [4.69, 9.17) is 16.3 Å². The van der Waals surface area contributed by atoms with Gasteiger partial charge in [0.25, 0.3) is 0 Å². The first-order chi connectivity index (χ1) is 10.7. The van der Waals surface area contributed by atoms with Crippen molar-refractivity contribution in [3.05, 3.63) is 24.3 Å². The second kappa shape index (κ2) is 8.30. The third-order valence-electron chi connectivity index (χ3n) is 3.85. The lowest BCUT2D eigenvalue weighted by atomic mass is 9.87. The number of carbonyl (C=O) groups excluding carboxylic acids is 1. The standard InChI is InChI=1S/C17H22N2O3/c1-2-10-22-16-5-3-4-15(11-16)19-17(21)18-14-8-6-13(12-20)7-9-14/h1,3-5,11,13-14,20H,6-10,12H2,(H2,18,19,21). The molecule has 1 aromatic rings. The van der Waals surface area contributed by atoms with Crippen molar-refractivity contribution >= 4 is 11.7 Å². The molecule has 0 aliphatic heterocycles. The van der Waals surface area contributed by atoms with Crippen molar-refractivity contribution in [1.29, 1.82) is 0 Å². The number of ether oxygens (including phenoxy) is 1. The average Bonchev–Trinajstić information content (AvgIpc) is 2.54. The fraction of sp³-hybridized carbons (Fsp3) is 0.471. The van der Waals surface area contributed by atoms with Crippen molar-refractivity contribution < 1.29 is 14.6 Å². The third-order valence-corrected chi connectivity index (χ3v) is 3.85. The van der Waals surface area contributed by atoms with Crippen molar-refractivity contribution in [2.45, 2.75) is 31.7 Å². The lowest BCUT2D eigenvalue weighted by Crippen LogP contribution is -2.40. The topological polar surface area (TPSA) is 70.6 Å². The molecule has 0 bridgehead atoms. The first-order valence-electron chi connectivity index (χ1n) is 7.56. The van der Waals surface area contributed by atoms with Crippen LogP contribution in [0.2, 0.25) is 0 Å². The van der Waals surface area contributed by atoms with E-state index in [-0.39, 0.29) is 25.3 Å². The molecule has 2 amide bonds. The maximum atomic E-state index is 12.0. The summed E-state index contributed by atoms with van der Waals surface area (Å²) in [4.78, 5) is 12.0. The molecule has 0 radical (unpaired) electrons. The Kier molecular flexibility index (Phi) is 6.11. The van der Waals surface area contributed by atoms with Crippen LogP contribution < -0.4 is 15.4 Å². The Morgan fingerprint density at radius 2 is 2.14 bits per heavy atom. The van der Waals surface area contributed by atoms with Gasteiger partial charge in [-0.25, -0.2) is 4.79 Å². The van der Waals surface area contributed by atoms with Gasteiger partial charge >= 0.3 is 6.03 Å². The Morgan fingerprint density at radius 1 is 1.36 bits per heavy atom. The minimum atomic E-state index is -0.221. The molecule has 0 unspecified atom stereocenters. The Hall–Kier alpha value is -2.19. The molecule has 0 spiro atoms. The molecule has 5 nitrogen and oxygen atoms in total. The summed E-state index contributed by atoms with van der Waals surface area (Å²) in [6.07, 6.45) is 8.87. The van der Waals surface area contributed by atoms with Gasteiger partial charge in [-0.15, -0.1) is 6.42 Å². The van der Waals surface area contributed by atoms with Gasteiger partial charge in [0.1, 0.15) is 12.4 Å². The number of rotatable bonds is 5. The van der Waals surface area contributed by atoms with E-state index >= 15 is 0 Å². The van der Waals surface area contributed by atoms with E-state index in [9.17, 15) is 4.79 Å². The highest BCUT2D eigenvalue weighted by Gasteiger charge is 2.21. The first kappa shape index (κ1) is 16.2. The third kappa shape index (κ3) is 4.97. The molecule has 118 valence electrons. The Labute approximate surface area is 131 Å². The number of hydrogen-bond acceptors (Lipinski definition) is 3. The van der Waals surface area contributed by atoms with Gasteiger partial charge in [0.05, 0.1) is 0 Å². The highest BCUT2D eigenvalue weighted by molar-refractivity contribution is 5.89. The van der Waals surface area contributed by atoms with Gasteiger partial charge in [-0.2, -0.15) is 0 Å². The van der Waals surface area contributed by atoms with Crippen LogP contribution in [0, 0.1) is 18.3 Å². The van der Waals surface area contributed by atoms with Crippen LogP contribution in [0.3, 0.4) is 0 Å². The van der Waals surface area contributed by atoms with Crippen LogP contribution in [0.5, 0.6) is 5.75 Å². The Bertz CT molecular complexity index is 531. The number of carbonyl (C=O) groups is 1. The van der Waals surface area contributed by atoms with Gasteiger partial charge in [0.15, 0.2) is 0 Å². The van der Waals surface area contributed by atoms with E-state index in [1.807, 2.05) is 0 Å². The quantitative estimate of drug-likeness (QED) is 0.731. The molecule has 22 heavy (non-hydrogen) atoms. The predicted molar refractivity (Wildman–Crippen MR) is 85.8 cm³/mol. The molecule has 0 atom stereocenters. The van der Waals surface area contributed by atoms with Gasteiger partial charge in [-0.1, -0.05) is 12.0 Å². The van der Waals surface area contributed by atoms with Crippen LogP contribution in [-0.4, -0.2) is 30.4 Å². The lowest BCUT2D eigenvalue weighted by Gasteiger charge is -2.27. The van der Waals surface area contributed by atoms with Crippen LogP contribution in [0.1, 0.15) is 25.7 Å². The zero-order chi connectivity index (χ0) is 15.8. The maximum absolute atomic E-state index is 12.0. The van der Waals surface area contributed by atoms with Crippen LogP contribution in [0.15, 0.2) is 24.3 Å². The van der Waals surface area contributed by atoms with E-state index in [2.05, 4.69) is 16.6 Å². The fourth-order valence-corrected chi connectivity index (χ4v) is 2.63. The number of aliphatic hydroxyl groups is 1. The molecule has 1 aliphatic rings. The van der Waals surface area contributed by atoms with E-state index in [1.54, 1.807) is 24.3 Å². The molecular weight excluding hydrogens is 280 g/mol. The van der Waals surface area contributed by atoms with E-state index < -0.39 is 0 Å². The average molecular weight is 302 g/mol. The van der Waals surface area contributed by atoms with Crippen molar-refractivity contribution in [2.24, 2.45) is 5.92 Å². The smallest absolute Gasteiger partial charge is 0.319 e. The Morgan fingerprint density at radius 3 is 2.82 bits per heavy atom. The summed E-state index contributed by atoms with van der Waals surface area (Å²) >= 11 is 0. The second-order valence-corrected chi connectivity index (χ2v) is 5.52. The largest absolute Gasteiger partial charge is 0.481 e. The molecule has 5 heteroatoms. The zero-order valence-electron chi connectivity index (χ0n) is 12.5. The van der Waals surface area contributed by atoms with Crippen molar-refractivity contribution in [2.75, 3.05) is 18.5 Å². The highest BCUT2D eigenvalue weighted by atomic mass is 16.5. The number of aliphatic hydroxyl groups excluding tert-OH is 1. The minimum absolute atomic E-state index is 0.170. The fourth-order valence-electron chi connectivity index (χ4n) is 2.63. The molecule has 1 saturated carbocycles. The summed E-state index contributed by atoms with van der Waals surface area (Å²) in [5.74, 6) is 3.40. The highest BCUT2D eigenvalue weighted by Crippen LogP contribution is 2.24. The van der Waals surface area contributed by atoms with Crippen molar-refractivity contribution in [3.63, 3.8) is 0 Å². The van der Waals surface area contributed by atoms with E-state index in [0.717, 1.165) is 25.7 Å². The summed E-state index contributed by atoms with van der Waals surface area (Å²) in [5.41, 5.74) is 0.663. The van der Waals surface area contributed by atoms with Crippen LogP contribution in [-0.2, 0) is 0 Å². The number of benzene rings is 1. The Balaban J connectivity index is 1.81. The molecule has 1 aliphatic carbocycles. The van der Waals surface area contributed by atoms with E-state index in [1.165, 1.54) is 0 Å². The van der Waals surface area contributed by atoms with Crippen molar-refractivity contribution in [1.82, 2.24) is 5.32 Å². The van der Waals surface area contributed by atoms with Crippen molar-refractivity contribution in [3.8, 4) is 18.1 Å². The molecule has 1 fully saturated rings. The number of urea groups is 1. The van der Waals surface area contributed by atoms with Gasteiger partial charge in [0, 0.05) is 24.4 Å². The zero-order valence-corrected chi connectivity index (χ0v) is 12.5. The number of anilines is 1. The summed E-state index contributed by atoms with van der Waals surface area (Å²) in [7, 11) is 0. The maximum Gasteiger partial charge on any atom is 0.319 e. The summed E-state index contributed by atoms with van der Waals surface area (Å²) < 4.78 is 5.32.